The molecule has 0 aliphatic carbocycles. The van der Waals surface area contributed by atoms with Crippen molar-refractivity contribution in [3.63, 3.8) is 0 Å². The Balaban J connectivity index is 3.26. The number of carboxylic acids is 2. The number of benzene rings is 1. The van der Waals surface area contributed by atoms with Crippen molar-refractivity contribution in [2.75, 3.05) is 0 Å². The first-order valence-corrected chi connectivity index (χ1v) is 3.24. The van der Waals surface area contributed by atoms with Crippen LogP contribution in [0.15, 0.2) is 18.2 Å². The number of carbonyl (C=O) groups is 2. The Morgan fingerprint density at radius 2 is 1.38 bits per heavy atom. The first-order valence-electron chi connectivity index (χ1n) is 3.24. The summed E-state index contributed by atoms with van der Waals surface area (Å²) in [5.74, 6) is -4.23. The number of carbonyl (C=O) groups excluding carboxylic acids is 2. The predicted octanol–water partition coefficient (Wildman–Crippen LogP) is -1.45. The highest BCUT2D eigenvalue weighted by Gasteiger charge is 2.01. The molecule has 0 unspecified atom stereocenters. The zero-order valence-corrected chi connectivity index (χ0v) is 6.24. The molecule has 1 aromatic rings. The third-order valence-corrected chi connectivity index (χ3v) is 1.37. The van der Waals surface area contributed by atoms with E-state index in [1.165, 1.54) is 0 Å². The Bertz CT molecular complexity index is 340. The third kappa shape index (κ3) is 2.02. The molecule has 5 heteroatoms. The molecule has 4 nitrogen and oxygen atoms in total. The summed E-state index contributed by atoms with van der Waals surface area (Å²) < 4.78 is 12.6. The lowest BCUT2D eigenvalue weighted by atomic mass is 10.1. The molecule has 0 spiro atoms. The Labute approximate surface area is 72.2 Å². The maximum absolute atomic E-state index is 12.6. The molecule has 68 valence electrons. The van der Waals surface area contributed by atoms with E-state index in [0.717, 1.165) is 6.07 Å². The normalized spacial score (nSPS) is 9.62. The monoisotopic (exact) mass is 182 g/mol. The van der Waals surface area contributed by atoms with Crippen molar-refractivity contribution in [1.82, 2.24) is 0 Å². The number of aromatic carboxylic acids is 2. The SMILES string of the molecule is O=C([O-])c1cc(F)cc(C(=O)[O-])c1. The van der Waals surface area contributed by atoms with Crippen LogP contribution >= 0.6 is 0 Å². The lowest BCUT2D eigenvalue weighted by Crippen LogP contribution is -2.25. The molecule has 0 amide bonds. The molecule has 0 N–H and O–H groups in total. The van der Waals surface area contributed by atoms with Gasteiger partial charge in [-0.1, -0.05) is 0 Å². The van der Waals surface area contributed by atoms with E-state index in [4.69, 9.17) is 0 Å². The standard InChI is InChI=1S/C8H5FO4/c9-6-2-4(7(10)11)1-5(3-6)8(12)13/h1-3H,(H,10,11)(H,12,13)/p-2. The molecule has 0 heterocycles. The van der Waals surface area contributed by atoms with Crippen LogP contribution in [0.5, 0.6) is 0 Å². The second-order valence-electron chi connectivity index (χ2n) is 2.30. The quantitative estimate of drug-likeness (QED) is 0.560. The first-order chi connectivity index (χ1) is 6.00. The molecule has 0 saturated heterocycles. The van der Waals surface area contributed by atoms with E-state index >= 15 is 0 Å². The maximum atomic E-state index is 12.6. The summed E-state index contributed by atoms with van der Waals surface area (Å²) in [6, 6.07) is 2.11. The molecule has 1 rings (SSSR count). The van der Waals surface area contributed by atoms with Crippen molar-refractivity contribution in [3.8, 4) is 0 Å². The molecule has 1 aromatic carbocycles. The van der Waals surface area contributed by atoms with Crippen LogP contribution < -0.4 is 10.2 Å². The zero-order valence-electron chi connectivity index (χ0n) is 6.24. The van der Waals surface area contributed by atoms with Crippen molar-refractivity contribution in [2.45, 2.75) is 0 Å². The van der Waals surface area contributed by atoms with Gasteiger partial charge in [0.15, 0.2) is 0 Å². The van der Waals surface area contributed by atoms with Gasteiger partial charge in [-0.05, 0) is 18.2 Å². The summed E-state index contributed by atoms with van der Waals surface area (Å²) in [7, 11) is 0. The first kappa shape index (κ1) is 9.18. The van der Waals surface area contributed by atoms with Gasteiger partial charge in [0.2, 0.25) is 0 Å². The average Bonchev–Trinajstić information content (AvgIpc) is 2.03. The summed E-state index contributed by atoms with van der Waals surface area (Å²) >= 11 is 0. The summed E-state index contributed by atoms with van der Waals surface area (Å²) in [6.45, 7) is 0. The van der Waals surface area contributed by atoms with E-state index in [9.17, 15) is 24.2 Å². The molecule has 0 atom stereocenters. The fourth-order valence-electron chi connectivity index (χ4n) is 0.825. The van der Waals surface area contributed by atoms with Gasteiger partial charge in [-0.3, -0.25) is 0 Å². The van der Waals surface area contributed by atoms with Crippen LogP contribution in [0.1, 0.15) is 20.7 Å². The minimum atomic E-state index is -1.64. The second kappa shape index (κ2) is 3.22. The molecule has 0 aromatic heterocycles. The Morgan fingerprint density at radius 1 is 1.00 bits per heavy atom. The molecule has 0 fully saturated rings. The molecule has 0 aliphatic heterocycles. The summed E-state index contributed by atoms with van der Waals surface area (Å²) in [4.78, 5) is 20.5. The highest BCUT2D eigenvalue weighted by Crippen LogP contribution is 2.07. The zero-order chi connectivity index (χ0) is 10.0. The van der Waals surface area contributed by atoms with Crippen molar-refractivity contribution in [1.29, 1.82) is 0 Å². The van der Waals surface area contributed by atoms with Crippen molar-refractivity contribution in [2.24, 2.45) is 0 Å². The summed E-state index contributed by atoms with van der Waals surface area (Å²) in [5.41, 5.74) is -1.06. The molecule has 0 radical (unpaired) electrons. The van der Waals surface area contributed by atoms with Gasteiger partial charge in [-0.2, -0.15) is 0 Å². The Hall–Kier alpha value is -1.91. The van der Waals surface area contributed by atoms with E-state index in [1.807, 2.05) is 0 Å². The Kier molecular flexibility index (Phi) is 2.27. The molecular weight excluding hydrogens is 179 g/mol. The topological polar surface area (TPSA) is 80.3 Å². The highest BCUT2D eigenvalue weighted by atomic mass is 19.1. The molecular formula is C8H3FO4-2. The number of carboxylic acid groups (broad SMARTS) is 2. The van der Waals surface area contributed by atoms with Crippen LogP contribution in [0.3, 0.4) is 0 Å². The van der Waals surface area contributed by atoms with Gasteiger partial charge < -0.3 is 19.8 Å². The van der Waals surface area contributed by atoms with Gasteiger partial charge in [0.1, 0.15) is 5.82 Å². The minimum absolute atomic E-state index is 0.529. The molecule has 0 aliphatic rings. The fourth-order valence-corrected chi connectivity index (χ4v) is 0.825. The largest absolute Gasteiger partial charge is 0.545 e. The van der Waals surface area contributed by atoms with Crippen LogP contribution in [0.25, 0.3) is 0 Å². The van der Waals surface area contributed by atoms with Crippen LogP contribution in [0, 0.1) is 5.82 Å². The lowest BCUT2D eigenvalue weighted by molar-refractivity contribution is -0.255. The smallest absolute Gasteiger partial charge is 0.124 e. The highest BCUT2D eigenvalue weighted by molar-refractivity contribution is 5.91. The second-order valence-corrected chi connectivity index (χ2v) is 2.30. The van der Waals surface area contributed by atoms with Crippen LogP contribution in [-0.2, 0) is 0 Å². The number of halogens is 1. The molecule has 13 heavy (non-hydrogen) atoms. The molecule has 0 saturated carbocycles. The van der Waals surface area contributed by atoms with Crippen molar-refractivity contribution >= 4 is 11.9 Å². The van der Waals surface area contributed by atoms with Gasteiger partial charge in [-0.15, -0.1) is 0 Å². The van der Waals surface area contributed by atoms with E-state index in [-0.39, 0.29) is 0 Å². The van der Waals surface area contributed by atoms with E-state index < -0.39 is 28.9 Å². The summed E-state index contributed by atoms with van der Waals surface area (Å²) in [5, 5.41) is 20.5. The van der Waals surface area contributed by atoms with E-state index in [2.05, 4.69) is 0 Å². The lowest BCUT2D eigenvalue weighted by Gasteiger charge is -2.06. The van der Waals surface area contributed by atoms with Crippen LogP contribution in [0.2, 0.25) is 0 Å². The summed E-state index contributed by atoms with van der Waals surface area (Å²) in [6.07, 6.45) is 0. The minimum Gasteiger partial charge on any atom is -0.545 e. The van der Waals surface area contributed by atoms with Gasteiger partial charge in [-0.25, -0.2) is 4.39 Å². The third-order valence-electron chi connectivity index (χ3n) is 1.37. The number of rotatable bonds is 2. The van der Waals surface area contributed by atoms with Crippen molar-refractivity contribution in [3.05, 3.63) is 35.1 Å². The predicted molar refractivity (Wildman–Crippen MR) is 35.1 cm³/mol. The van der Waals surface area contributed by atoms with E-state index in [1.54, 1.807) is 0 Å². The molecule has 0 bridgehead atoms. The average molecular weight is 182 g/mol. The van der Waals surface area contributed by atoms with Gasteiger partial charge in [0, 0.05) is 11.1 Å². The number of hydrogen-bond acceptors (Lipinski definition) is 4. The van der Waals surface area contributed by atoms with Crippen molar-refractivity contribution < 1.29 is 24.2 Å². The Morgan fingerprint density at radius 3 is 1.69 bits per heavy atom. The fraction of sp³-hybridized carbons (Fsp3) is 0. The van der Waals surface area contributed by atoms with E-state index in [0.29, 0.717) is 12.1 Å². The van der Waals surface area contributed by atoms with Gasteiger partial charge >= 0.3 is 0 Å². The van der Waals surface area contributed by atoms with Gasteiger partial charge in [0.05, 0.1) is 11.9 Å². The van der Waals surface area contributed by atoms with Gasteiger partial charge in [0.25, 0.3) is 0 Å². The van der Waals surface area contributed by atoms with Crippen LogP contribution in [0.4, 0.5) is 4.39 Å². The maximum Gasteiger partial charge on any atom is 0.124 e. The van der Waals surface area contributed by atoms with Crippen LogP contribution in [-0.4, -0.2) is 11.9 Å². The number of hydrogen-bond donors (Lipinski definition) is 0.